The van der Waals surface area contributed by atoms with Crippen molar-refractivity contribution in [3.05, 3.63) is 23.4 Å². The summed E-state index contributed by atoms with van der Waals surface area (Å²) in [6, 6.07) is 3.88. The topological polar surface area (TPSA) is 36.4 Å². The summed E-state index contributed by atoms with van der Waals surface area (Å²) in [5, 5.41) is 9.14. The molecular formula is C13H22N2O. The molecule has 1 heterocycles. The summed E-state index contributed by atoms with van der Waals surface area (Å²) in [5.74, 6) is 0.958. The minimum Gasteiger partial charge on any atom is -0.392 e. The summed E-state index contributed by atoms with van der Waals surface area (Å²) in [6.45, 7) is 5.27. The predicted octanol–water partition coefficient (Wildman–Crippen LogP) is 2.51. The number of aryl methyl sites for hydroxylation is 1. The number of aromatic nitrogens is 1. The largest absolute Gasteiger partial charge is 0.392 e. The van der Waals surface area contributed by atoms with Crippen molar-refractivity contribution >= 4 is 5.82 Å². The molecule has 3 nitrogen and oxygen atoms in total. The fourth-order valence-electron chi connectivity index (χ4n) is 1.72. The summed E-state index contributed by atoms with van der Waals surface area (Å²) in [6.07, 6.45) is 3.68. The van der Waals surface area contributed by atoms with Crippen molar-refractivity contribution in [2.75, 3.05) is 18.5 Å². The summed E-state index contributed by atoms with van der Waals surface area (Å²) >= 11 is 0. The van der Waals surface area contributed by atoms with Crippen molar-refractivity contribution in [2.45, 2.75) is 39.7 Å². The molecule has 16 heavy (non-hydrogen) atoms. The Bertz CT molecular complexity index is 326. The quantitative estimate of drug-likeness (QED) is 0.751. The average Bonchev–Trinajstić information content (AvgIpc) is 2.28. The molecule has 3 heteroatoms. The number of rotatable bonds is 6. The zero-order chi connectivity index (χ0) is 12.0. The molecule has 0 unspecified atom stereocenters. The van der Waals surface area contributed by atoms with E-state index in [4.69, 9.17) is 5.11 Å². The Labute approximate surface area is 98.1 Å². The second-order valence-corrected chi connectivity index (χ2v) is 4.26. The van der Waals surface area contributed by atoms with Gasteiger partial charge in [-0.2, -0.15) is 0 Å². The average molecular weight is 222 g/mol. The zero-order valence-electron chi connectivity index (χ0n) is 10.5. The molecule has 0 spiro atoms. The lowest BCUT2D eigenvalue weighted by molar-refractivity contribution is 0.281. The molecule has 0 aliphatic carbocycles. The molecule has 1 aromatic rings. The molecule has 0 aromatic carbocycles. The molecule has 0 radical (unpaired) electrons. The van der Waals surface area contributed by atoms with Gasteiger partial charge in [0, 0.05) is 19.3 Å². The van der Waals surface area contributed by atoms with Crippen LogP contribution in [0.15, 0.2) is 12.1 Å². The highest BCUT2D eigenvalue weighted by molar-refractivity contribution is 5.41. The summed E-state index contributed by atoms with van der Waals surface area (Å²) in [7, 11) is 2.05. The smallest absolute Gasteiger partial charge is 0.128 e. The summed E-state index contributed by atoms with van der Waals surface area (Å²) < 4.78 is 0. The third-order valence-electron chi connectivity index (χ3n) is 2.67. The van der Waals surface area contributed by atoms with Gasteiger partial charge in [0.2, 0.25) is 0 Å². The van der Waals surface area contributed by atoms with Crippen molar-refractivity contribution in [3.63, 3.8) is 0 Å². The predicted molar refractivity (Wildman–Crippen MR) is 67.7 cm³/mol. The van der Waals surface area contributed by atoms with Crippen LogP contribution in [0, 0.1) is 6.92 Å². The van der Waals surface area contributed by atoms with Gasteiger partial charge in [-0.25, -0.2) is 4.98 Å². The van der Waals surface area contributed by atoms with Crippen LogP contribution in [-0.4, -0.2) is 23.7 Å². The third kappa shape index (κ3) is 3.81. The van der Waals surface area contributed by atoms with Crippen molar-refractivity contribution in [2.24, 2.45) is 0 Å². The van der Waals surface area contributed by atoms with Crippen LogP contribution in [0.2, 0.25) is 0 Å². The van der Waals surface area contributed by atoms with Gasteiger partial charge < -0.3 is 10.0 Å². The number of nitrogens with zero attached hydrogens (tertiary/aromatic N) is 2. The Balaban J connectivity index is 2.66. The van der Waals surface area contributed by atoms with Gasteiger partial charge in [0.15, 0.2) is 0 Å². The monoisotopic (exact) mass is 222 g/mol. The van der Waals surface area contributed by atoms with Gasteiger partial charge in [-0.15, -0.1) is 0 Å². The van der Waals surface area contributed by atoms with E-state index in [2.05, 4.69) is 23.9 Å². The van der Waals surface area contributed by atoms with E-state index < -0.39 is 0 Å². The number of aliphatic hydroxyl groups is 1. The number of unbranched alkanes of at least 4 members (excludes halogenated alkanes) is 2. The van der Waals surface area contributed by atoms with Crippen molar-refractivity contribution in [3.8, 4) is 0 Å². The summed E-state index contributed by atoms with van der Waals surface area (Å²) in [4.78, 5) is 6.63. The Hall–Kier alpha value is -1.09. The van der Waals surface area contributed by atoms with Crippen LogP contribution < -0.4 is 4.90 Å². The van der Waals surface area contributed by atoms with E-state index in [1.807, 2.05) is 19.1 Å². The van der Waals surface area contributed by atoms with Gasteiger partial charge in [0.1, 0.15) is 5.82 Å². The van der Waals surface area contributed by atoms with E-state index in [0.717, 1.165) is 23.6 Å². The maximum atomic E-state index is 9.14. The normalized spacial score (nSPS) is 10.5. The van der Waals surface area contributed by atoms with Gasteiger partial charge in [-0.05, 0) is 31.0 Å². The number of anilines is 1. The van der Waals surface area contributed by atoms with E-state index >= 15 is 0 Å². The maximum Gasteiger partial charge on any atom is 0.128 e. The Morgan fingerprint density at radius 2 is 2.06 bits per heavy atom. The molecule has 1 rings (SSSR count). The zero-order valence-corrected chi connectivity index (χ0v) is 10.5. The minimum absolute atomic E-state index is 0.0825. The third-order valence-corrected chi connectivity index (χ3v) is 2.67. The van der Waals surface area contributed by atoms with Crippen LogP contribution in [0.4, 0.5) is 5.82 Å². The molecule has 0 fully saturated rings. The molecular weight excluding hydrogens is 200 g/mol. The molecule has 0 aliphatic heterocycles. The van der Waals surface area contributed by atoms with Gasteiger partial charge >= 0.3 is 0 Å². The molecule has 0 atom stereocenters. The van der Waals surface area contributed by atoms with Crippen LogP contribution in [0.3, 0.4) is 0 Å². The number of pyridine rings is 1. The van der Waals surface area contributed by atoms with Crippen LogP contribution in [0.1, 0.15) is 37.4 Å². The van der Waals surface area contributed by atoms with Gasteiger partial charge in [-0.3, -0.25) is 0 Å². The van der Waals surface area contributed by atoms with Gasteiger partial charge in [-0.1, -0.05) is 19.8 Å². The first-order chi connectivity index (χ1) is 7.67. The van der Waals surface area contributed by atoms with Crippen LogP contribution >= 0.6 is 0 Å². The molecule has 0 saturated carbocycles. The van der Waals surface area contributed by atoms with Crippen molar-refractivity contribution in [1.29, 1.82) is 0 Å². The van der Waals surface area contributed by atoms with Gasteiger partial charge in [0.25, 0.3) is 0 Å². The molecule has 0 amide bonds. The standard InChI is InChI=1S/C13H22N2O/c1-4-5-6-7-15(3)13-9-12(10-16)8-11(2)14-13/h8-9,16H,4-7,10H2,1-3H3. The summed E-state index contributed by atoms with van der Waals surface area (Å²) in [5.41, 5.74) is 1.90. The van der Waals surface area contributed by atoms with E-state index in [-0.39, 0.29) is 6.61 Å². The van der Waals surface area contributed by atoms with Gasteiger partial charge in [0.05, 0.1) is 6.61 Å². The maximum absolute atomic E-state index is 9.14. The first-order valence-electron chi connectivity index (χ1n) is 5.97. The Morgan fingerprint density at radius 1 is 1.31 bits per heavy atom. The second-order valence-electron chi connectivity index (χ2n) is 4.26. The number of hydrogen-bond donors (Lipinski definition) is 1. The van der Waals surface area contributed by atoms with Crippen LogP contribution in [-0.2, 0) is 6.61 Å². The Morgan fingerprint density at radius 3 is 2.69 bits per heavy atom. The number of hydrogen-bond acceptors (Lipinski definition) is 3. The van der Waals surface area contributed by atoms with Crippen LogP contribution in [0.5, 0.6) is 0 Å². The lowest BCUT2D eigenvalue weighted by Gasteiger charge is -2.19. The lowest BCUT2D eigenvalue weighted by atomic mass is 10.2. The molecule has 90 valence electrons. The van der Waals surface area contributed by atoms with E-state index in [9.17, 15) is 0 Å². The first-order valence-corrected chi connectivity index (χ1v) is 5.97. The van der Waals surface area contributed by atoms with Crippen molar-refractivity contribution in [1.82, 2.24) is 4.98 Å². The molecule has 1 aromatic heterocycles. The van der Waals surface area contributed by atoms with E-state index in [1.54, 1.807) is 0 Å². The fraction of sp³-hybridized carbons (Fsp3) is 0.615. The Kier molecular flexibility index (Phi) is 5.26. The lowest BCUT2D eigenvalue weighted by Crippen LogP contribution is -2.20. The minimum atomic E-state index is 0.0825. The highest BCUT2D eigenvalue weighted by atomic mass is 16.3. The highest BCUT2D eigenvalue weighted by Gasteiger charge is 2.04. The van der Waals surface area contributed by atoms with E-state index in [1.165, 1.54) is 19.3 Å². The van der Waals surface area contributed by atoms with Crippen molar-refractivity contribution < 1.29 is 5.11 Å². The molecule has 0 saturated heterocycles. The van der Waals surface area contributed by atoms with Crippen LogP contribution in [0.25, 0.3) is 0 Å². The molecule has 0 aliphatic rings. The molecule has 0 bridgehead atoms. The SMILES string of the molecule is CCCCCN(C)c1cc(CO)cc(C)n1. The fourth-order valence-corrected chi connectivity index (χ4v) is 1.72. The second kappa shape index (κ2) is 6.48. The highest BCUT2D eigenvalue weighted by Crippen LogP contribution is 2.14. The first kappa shape index (κ1) is 13.0. The van der Waals surface area contributed by atoms with E-state index in [0.29, 0.717) is 0 Å². The molecule has 1 N–H and O–H groups in total. The number of aliphatic hydroxyl groups excluding tert-OH is 1.